The Morgan fingerprint density at radius 2 is 1.82 bits per heavy atom. The van der Waals surface area contributed by atoms with Crippen LogP contribution in [0.1, 0.15) is 59.7 Å². The lowest BCUT2D eigenvalue weighted by atomic mass is 9.94. The highest BCUT2D eigenvalue weighted by atomic mass is 35.5. The van der Waals surface area contributed by atoms with Crippen molar-refractivity contribution in [2.45, 2.75) is 45.1 Å². The minimum Gasteiger partial charge on any atom is -0.452 e. The fraction of sp³-hybridized carbons (Fsp3) is 0.375. The topological polar surface area (TPSA) is 119 Å². The van der Waals surface area contributed by atoms with Gasteiger partial charge in [0.25, 0.3) is 17.5 Å². The van der Waals surface area contributed by atoms with Crippen LogP contribution < -0.4 is 5.32 Å². The normalized spacial score (nSPS) is 13.7. The van der Waals surface area contributed by atoms with Crippen molar-refractivity contribution in [1.82, 2.24) is 4.90 Å². The van der Waals surface area contributed by atoms with Gasteiger partial charge in [0.05, 0.1) is 26.8 Å². The molecule has 0 saturated heterocycles. The number of carbonyl (C=O) groups excluding carboxylic acids is 3. The van der Waals surface area contributed by atoms with Crippen molar-refractivity contribution in [1.29, 1.82) is 0 Å². The Kier molecular flexibility index (Phi) is 8.59. The van der Waals surface area contributed by atoms with E-state index in [9.17, 15) is 24.5 Å². The molecule has 0 spiro atoms. The Balaban J connectivity index is 1.67. The van der Waals surface area contributed by atoms with Crippen molar-refractivity contribution in [3.05, 3.63) is 68.7 Å². The number of nitro groups is 1. The number of rotatable bonds is 8. The molecule has 2 amide bonds. The van der Waals surface area contributed by atoms with Crippen LogP contribution in [0, 0.1) is 10.1 Å². The van der Waals surface area contributed by atoms with Gasteiger partial charge in [-0.25, -0.2) is 4.79 Å². The molecule has 10 heteroatoms. The number of nitrogens with zero attached hydrogens (tertiary/aromatic N) is 2. The minimum atomic E-state index is -0.751. The fourth-order valence-electron chi connectivity index (χ4n) is 4.08. The predicted octanol–water partition coefficient (Wildman–Crippen LogP) is 4.84. The molecule has 2 aromatic rings. The van der Waals surface area contributed by atoms with Gasteiger partial charge in [-0.3, -0.25) is 19.7 Å². The molecule has 2 aromatic carbocycles. The first-order chi connectivity index (χ1) is 16.3. The number of hydrogen-bond donors (Lipinski definition) is 1. The molecular weight excluding hydrogens is 462 g/mol. The van der Waals surface area contributed by atoms with Gasteiger partial charge in [0.15, 0.2) is 6.61 Å². The summed E-state index contributed by atoms with van der Waals surface area (Å²) < 4.78 is 5.27. The maximum atomic E-state index is 12.7. The Bertz CT molecular complexity index is 1080. The van der Waals surface area contributed by atoms with E-state index in [2.05, 4.69) is 5.32 Å². The fourth-order valence-corrected chi connectivity index (χ4v) is 4.34. The van der Waals surface area contributed by atoms with Gasteiger partial charge in [0.1, 0.15) is 0 Å². The zero-order chi connectivity index (χ0) is 24.7. The van der Waals surface area contributed by atoms with Crippen molar-refractivity contribution in [3.8, 4) is 0 Å². The molecule has 0 aromatic heterocycles. The summed E-state index contributed by atoms with van der Waals surface area (Å²) >= 11 is 6.03. The van der Waals surface area contributed by atoms with Crippen LogP contribution in [0.25, 0.3) is 0 Å². The van der Waals surface area contributed by atoms with Crippen LogP contribution in [0.4, 0.5) is 11.4 Å². The number of halogens is 1. The molecular formula is C24H26ClN3O6. The quantitative estimate of drug-likeness (QED) is 0.323. The third-order valence-corrected chi connectivity index (χ3v) is 6.12. The van der Waals surface area contributed by atoms with E-state index in [-0.39, 0.29) is 46.1 Å². The summed E-state index contributed by atoms with van der Waals surface area (Å²) in [6.45, 7) is 2.06. The number of carbonyl (C=O) groups is 3. The van der Waals surface area contributed by atoms with Gasteiger partial charge < -0.3 is 15.0 Å². The summed E-state index contributed by atoms with van der Waals surface area (Å²) in [6.07, 6.45) is 5.24. The third kappa shape index (κ3) is 6.11. The van der Waals surface area contributed by atoms with Gasteiger partial charge in [0.2, 0.25) is 0 Å². The molecule has 180 valence electrons. The maximum Gasteiger partial charge on any atom is 0.340 e. The molecule has 3 rings (SSSR count). The van der Waals surface area contributed by atoms with Crippen LogP contribution in [0.15, 0.2) is 42.5 Å². The number of ether oxygens (including phenoxy) is 1. The monoisotopic (exact) mass is 487 g/mol. The van der Waals surface area contributed by atoms with E-state index in [4.69, 9.17) is 16.3 Å². The van der Waals surface area contributed by atoms with Crippen molar-refractivity contribution in [2.75, 3.05) is 18.5 Å². The van der Waals surface area contributed by atoms with Gasteiger partial charge in [-0.05, 0) is 38.0 Å². The highest BCUT2D eigenvalue weighted by Gasteiger charge is 2.25. The molecule has 1 aliphatic carbocycles. The SMILES string of the molecule is CCN(C(=O)COC(=O)c1ccccc1NC(=O)c1ccc([N+](=O)[O-])cc1Cl)C1CCCCC1. The van der Waals surface area contributed by atoms with Crippen LogP contribution >= 0.6 is 11.6 Å². The predicted molar refractivity (Wildman–Crippen MR) is 127 cm³/mol. The lowest BCUT2D eigenvalue weighted by Crippen LogP contribution is -2.43. The minimum absolute atomic E-state index is 0.0108. The Morgan fingerprint density at radius 3 is 2.47 bits per heavy atom. The van der Waals surface area contributed by atoms with Gasteiger partial charge in [-0.2, -0.15) is 0 Å². The van der Waals surface area contributed by atoms with E-state index < -0.39 is 16.8 Å². The number of benzene rings is 2. The average molecular weight is 488 g/mol. The van der Waals surface area contributed by atoms with E-state index in [0.29, 0.717) is 6.54 Å². The van der Waals surface area contributed by atoms with Gasteiger partial charge in [-0.15, -0.1) is 0 Å². The zero-order valence-corrected chi connectivity index (χ0v) is 19.5. The molecule has 1 aliphatic rings. The van der Waals surface area contributed by atoms with Crippen LogP contribution in [0.2, 0.25) is 5.02 Å². The molecule has 9 nitrogen and oxygen atoms in total. The van der Waals surface area contributed by atoms with Crippen LogP contribution in [0.5, 0.6) is 0 Å². The van der Waals surface area contributed by atoms with E-state index in [1.54, 1.807) is 17.0 Å². The molecule has 0 radical (unpaired) electrons. The van der Waals surface area contributed by atoms with E-state index in [1.807, 2.05) is 6.92 Å². The molecule has 0 heterocycles. The first kappa shape index (κ1) is 25.2. The summed E-state index contributed by atoms with van der Waals surface area (Å²) in [7, 11) is 0. The highest BCUT2D eigenvalue weighted by molar-refractivity contribution is 6.34. The van der Waals surface area contributed by atoms with Crippen molar-refractivity contribution in [3.63, 3.8) is 0 Å². The van der Waals surface area contributed by atoms with Gasteiger partial charge >= 0.3 is 5.97 Å². The van der Waals surface area contributed by atoms with Crippen LogP contribution in [-0.2, 0) is 9.53 Å². The van der Waals surface area contributed by atoms with Crippen molar-refractivity contribution >= 4 is 40.8 Å². The summed E-state index contributed by atoms with van der Waals surface area (Å²) in [5, 5.41) is 13.4. The number of nitrogens with one attached hydrogen (secondary N) is 1. The molecule has 0 bridgehead atoms. The summed E-state index contributed by atoms with van der Waals surface area (Å²) in [5.74, 6) is -1.65. The number of anilines is 1. The largest absolute Gasteiger partial charge is 0.452 e. The molecule has 1 N–H and O–H groups in total. The Morgan fingerprint density at radius 1 is 1.12 bits per heavy atom. The molecule has 1 saturated carbocycles. The zero-order valence-electron chi connectivity index (χ0n) is 18.8. The highest BCUT2D eigenvalue weighted by Crippen LogP contribution is 2.25. The summed E-state index contributed by atoms with van der Waals surface area (Å²) in [4.78, 5) is 50.1. The number of hydrogen-bond acceptors (Lipinski definition) is 6. The van der Waals surface area contributed by atoms with E-state index in [0.717, 1.165) is 31.7 Å². The second kappa shape index (κ2) is 11.6. The second-order valence-electron chi connectivity index (χ2n) is 7.97. The molecule has 0 unspecified atom stereocenters. The first-order valence-corrected chi connectivity index (χ1v) is 11.5. The number of para-hydroxylation sites is 1. The first-order valence-electron chi connectivity index (χ1n) is 11.1. The second-order valence-corrected chi connectivity index (χ2v) is 8.38. The smallest absolute Gasteiger partial charge is 0.340 e. The van der Waals surface area contributed by atoms with Crippen molar-refractivity contribution < 1.29 is 24.0 Å². The number of nitro benzene ring substituents is 1. The van der Waals surface area contributed by atoms with Crippen LogP contribution in [-0.4, -0.2) is 46.8 Å². The number of non-ortho nitro benzene ring substituents is 1. The summed E-state index contributed by atoms with van der Waals surface area (Å²) in [6, 6.07) is 9.86. The lowest BCUT2D eigenvalue weighted by molar-refractivity contribution is -0.384. The number of esters is 1. The van der Waals surface area contributed by atoms with Crippen molar-refractivity contribution in [2.24, 2.45) is 0 Å². The maximum absolute atomic E-state index is 12.7. The average Bonchev–Trinajstić information content (AvgIpc) is 2.83. The number of likely N-dealkylation sites (N-methyl/N-ethyl adjacent to an activating group) is 1. The molecule has 0 atom stereocenters. The molecule has 0 aliphatic heterocycles. The van der Waals surface area contributed by atoms with Crippen LogP contribution in [0.3, 0.4) is 0 Å². The van der Waals surface area contributed by atoms with Gasteiger partial charge in [-0.1, -0.05) is 43.0 Å². The summed E-state index contributed by atoms with van der Waals surface area (Å²) in [5.41, 5.74) is 0.00243. The molecule has 34 heavy (non-hydrogen) atoms. The van der Waals surface area contributed by atoms with E-state index in [1.165, 1.54) is 30.7 Å². The Hall–Kier alpha value is -3.46. The Labute approximate surface area is 202 Å². The number of amides is 2. The lowest BCUT2D eigenvalue weighted by Gasteiger charge is -2.33. The van der Waals surface area contributed by atoms with E-state index >= 15 is 0 Å². The van der Waals surface area contributed by atoms with Gasteiger partial charge in [0, 0.05) is 24.7 Å². The third-order valence-electron chi connectivity index (χ3n) is 5.81. The standard InChI is InChI=1S/C24H26ClN3O6/c1-2-27(16-8-4-3-5-9-16)22(29)15-34-24(31)19-10-6-7-11-21(19)26-23(30)18-13-12-17(28(32)33)14-20(18)25/h6-7,10-14,16H,2-5,8-9,15H2,1H3,(H,26,30). The molecule has 1 fully saturated rings.